The topological polar surface area (TPSA) is 24.1 Å². The van der Waals surface area contributed by atoms with E-state index in [0.29, 0.717) is 0 Å². The summed E-state index contributed by atoms with van der Waals surface area (Å²) in [6.07, 6.45) is 1.15. The summed E-state index contributed by atoms with van der Waals surface area (Å²) >= 11 is 5.37. The zero-order chi connectivity index (χ0) is 13.1. The maximum atomic E-state index is 3.57. The van der Waals surface area contributed by atoms with Crippen molar-refractivity contribution < 1.29 is 0 Å². The van der Waals surface area contributed by atoms with Gasteiger partial charge in [0.2, 0.25) is 0 Å². The number of hydrogen-bond acceptors (Lipinski definition) is 3. The molecular weight excluding hydrogens is 320 g/mol. The molecule has 0 atom stereocenters. The van der Waals surface area contributed by atoms with Crippen LogP contribution in [0, 0.1) is 0 Å². The zero-order valence-corrected chi connectivity index (χ0v) is 13.1. The van der Waals surface area contributed by atoms with Crippen LogP contribution >= 0.6 is 27.3 Å². The number of halogens is 1. The Labute approximate surface area is 126 Å². The molecule has 0 amide bonds. The van der Waals surface area contributed by atoms with Crippen LogP contribution in [0.5, 0.6) is 0 Å². The number of hydrogen-bond donors (Lipinski definition) is 2. The molecule has 2 nitrogen and oxygen atoms in total. The van der Waals surface area contributed by atoms with Gasteiger partial charge in [0.05, 0.1) is 0 Å². The molecule has 2 N–H and O–H groups in total. The fraction of sp³-hybridized carbons (Fsp3) is 0.333. The second kappa shape index (κ2) is 6.18. The number of benzene rings is 1. The van der Waals surface area contributed by atoms with E-state index in [4.69, 9.17) is 0 Å². The summed E-state index contributed by atoms with van der Waals surface area (Å²) in [5, 5.41) is 9.11. The van der Waals surface area contributed by atoms with E-state index < -0.39 is 0 Å². The third kappa shape index (κ3) is 3.08. The van der Waals surface area contributed by atoms with Gasteiger partial charge < -0.3 is 10.6 Å². The highest BCUT2D eigenvalue weighted by Crippen LogP contribution is 2.23. The Balaban J connectivity index is 1.66. The lowest BCUT2D eigenvalue weighted by atomic mass is 9.95. The molecule has 1 aliphatic rings. The molecule has 0 fully saturated rings. The highest BCUT2D eigenvalue weighted by molar-refractivity contribution is 9.10. The van der Waals surface area contributed by atoms with Crippen LogP contribution in [0.4, 0.5) is 0 Å². The van der Waals surface area contributed by atoms with Crippen LogP contribution in [-0.2, 0) is 26.1 Å². The van der Waals surface area contributed by atoms with E-state index in [1.165, 1.54) is 20.5 Å². The molecule has 1 aromatic carbocycles. The van der Waals surface area contributed by atoms with Gasteiger partial charge in [0.25, 0.3) is 0 Å². The van der Waals surface area contributed by atoms with Crippen LogP contribution in [0.1, 0.15) is 21.6 Å². The van der Waals surface area contributed by atoms with Crippen molar-refractivity contribution in [2.45, 2.75) is 26.1 Å². The third-order valence-corrected chi connectivity index (χ3v) is 5.46. The number of rotatable bonds is 4. The molecule has 1 aromatic heterocycles. The van der Waals surface area contributed by atoms with Crippen molar-refractivity contribution in [2.24, 2.45) is 0 Å². The Hall–Kier alpha value is -0.680. The summed E-state index contributed by atoms with van der Waals surface area (Å²) in [6.45, 7) is 3.99. The summed E-state index contributed by atoms with van der Waals surface area (Å²) in [7, 11) is 0. The van der Waals surface area contributed by atoms with Crippen LogP contribution < -0.4 is 10.6 Å². The van der Waals surface area contributed by atoms with Gasteiger partial charge in [0.15, 0.2) is 0 Å². The average Bonchev–Trinajstić information content (AvgIpc) is 2.85. The van der Waals surface area contributed by atoms with Gasteiger partial charge in [-0.3, -0.25) is 0 Å². The maximum absolute atomic E-state index is 3.57. The van der Waals surface area contributed by atoms with Gasteiger partial charge >= 0.3 is 0 Å². The molecule has 2 heterocycles. The molecular formula is C15H17BrN2S. The highest BCUT2D eigenvalue weighted by atomic mass is 79.9. The summed E-state index contributed by atoms with van der Waals surface area (Å²) in [5.74, 6) is 0. The Morgan fingerprint density at radius 1 is 1.26 bits per heavy atom. The van der Waals surface area contributed by atoms with Crippen LogP contribution in [-0.4, -0.2) is 6.54 Å². The predicted molar refractivity (Wildman–Crippen MR) is 84.4 cm³/mol. The van der Waals surface area contributed by atoms with Gasteiger partial charge in [-0.15, -0.1) is 11.3 Å². The fourth-order valence-electron chi connectivity index (χ4n) is 2.54. The average molecular weight is 337 g/mol. The normalized spacial score (nSPS) is 14.4. The van der Waals surface area contributed by atoms with Gasteiger partial charge in [0, 0.05) is 29.0 Å². The van der Waals surface area contributed by atoms with Crippen LogP contribution in [0.25, 0.3) is 0 Å². The van der Waals surface area contributed by atoms with Crippen molar-refractivity contribution in [3.63, 3.8) is 0 Å². The first-order valence-electron chi connectivity index (χ1n) is 6.57. The molecule has 0 spiro atoms. The molecule has 100 valence electrons. The number of fused-ring (bicyclic) bond motifs is 1. The molecule has 0 aliphatic carbocycles. The largest absolute Gasteiger partial charge is 0.312 e. The molecule has 3 rings (SSSR count). The summed E-state index contributed by atoms with van der Waals surface area (Å²) in [4.78, 5) is 1.37. The van der Waals surface area contributed by atoms with E-state index in [0.717, 1.165) is 32.6 Å². The SMILES string of the molecule is Brc1ccsc1CNCc1cccc2c1CCNC2. The van der Waals surface area contributed by atoms with Crippen molar-refractivity contribution >= 4 is 27.3 Å². The van der Waals surface area contributed by atoms with Gasteiger partial charge in [-0.1, -0.05) is 18.2 Å². The Morgan fingerprint density at radius 2 is 2.21 bits per heavy atom. The lowest BCUT2D eigenvalue weighted by Gasteiger charge is -2.20. The molecule has 2 aromatic rings. The van der Waals surface area contributed by atoms with Gasteiger partial charge in [-0.05, 0) is 57.0 Å². The molecule has 0 saturated heterocycles. The van der Waals surface area contributed by atoms with Crippen molar-refractivity contribution in [2.75, 3.05) is 6.54 Å². The van der Waals surface area contributed by atoms with Crippen molar-refractivity contribution in [3.05, 3.63) is 55.7 Å². The third-order valence-electron chi connectivity index (χ3n) is 3.53. The quantitative estimate of drug-likeness (QED) is 0.893. The van der Waals surface area contributed by atoms with E-state index in [1.54, 1.807) is 16.9 Å². The summed E-state index contributed by atoms with van der Waals surface area (Å²) in [6, 6.07) is 8.77. The molecule has 0 saturated carbocycles. The second-order valence-corrected chi connectivity index (χ2v) is 6.63. The maximum Gasteiger partial charge on any atom is 0.0327 e. The second-order valence-electron chi connectivity index (χ2n) is 4.78. The lowest BCUT2D eigenvalue weighted by molar-refractivity contribution is 0.627. The van der Waals surface area contributed by atoms with Gasteiger partial charge in [-0.2, -0.15) is 0 Å². The lowest BCUT2D eigenvalue weighted by Crippen LogP contribution is -2.25. The molecule has 19 heavy (non-hydrogen) atoms. The first-order valence-corrected chi connectivity index (χ1v) is 8.25. The van der Waals surface area contributed by atoms with Crippen molar-refractivity contribution in [1.29, 1.82) is 0 Å². The number of thiophene rings is 1. The zero-order valence-electron chi connectivity index (χ0n) is 10.7. The van der Waals surface area contributed by atoms with Crippen LogP contribution in [0.3, 0.4) is 0 Å². The molecule has 4 heteroatoms. The van der Waals surface area contributed by atoms with E-state index in [9.17, 15) is 0 Å². The minimum absolute atomic E-state index is 0.931. The smallest absolute Gasteiger partial charge is 0.0327 e. The molecule has 0 bridgehead atoms. The summed E-state index contributed by atoms with van der Waals surface area (Å²) in [5.41, 5.74) is 4.45. The highest BCUT2D eigenvalue weighted by Gasteiger charge is 2.12. The molecule has 1 aliphatic heterocycles. The molecule has 0 radical (unpaired) electrons. The minimum atomic E-state index is 0.931. The van der Waals surface area contributed by atoms with E-state index in [1.807, 2.05) is 0 Å². The Bertz CT molecular complexity index is 565. The number of nitrogens with one attached hydrogen (secondary N) is 2. The minimum Gasteiger partial charge on any atom is -0.312 e. The predicted octanol–water partition coefficient (Wildman–Crippen LogP) is 3.45. The van der Waals surface area contributed by atoms with E-state index >= 15 is 0 Å². The van der Waals surface area contributed by atoms with Gasteiger partial charge in [0.1, 0.15) is 0 Å². The Kier molecular flexibility index (Phi) is 4.33. The fourth-order valence-corrected chi connectivity index (χ4v) is 4.00. The van der Waals surface area contributed by atoms with Crippen LogP contribution in [0.2, 0.25) is 0 Å². The first kappa shape index (κ1) is 13.3. The molecule has 0 unspecified atom stereocenters. The Morgan fingerprint density at radius 3 is 3.05 bits per heavy atom. The van der Waals surface area contributed by atoms with E-state index in [-0.39, 0.29) is 0 Å². The first-order chi connectivity index (χ1) is 9.34. The van der Waals surface area contributed by atoms with Crippen molar-refractivity contribution in [1.82, 2.24) is 10.6 Å². The van der Waals surface area contributed by atoms with Crippen molar-refractivity contribution in [3.8, 4) is 0 Å². The summed E-state index contributed by atoms with van der Waals surface area (Å²) < 4.78 is 1.21. The van der Waals surface area contributed by atoms with E-state index in [2.05, 4.69) is 56.2 Å². The van der Waals surface area contributed by atoms with Gasteiger partial charge in [-0.25, -0.2) is 0 Å². The monoisotopic (exact) mass is 336 g/mol. The standard InChI is InChI=1S/C15H17BrN2S/c16-14-5-7-19-15(14)10-18-9-12-3-1-2-11-8-17-6-4-13(11)12/h1-3,5,7,17-18H,4,6,8-10H2. The van der Waals surface area contributed by atoms with Crippen LogP contribution in [0.15, 0.2) is 34.1 Å².